The van der Waals surface area contributed by atoms with Crippen molar-refractivity contribution in [2.45, 2.75) is 25.8 Å². The van der Waals surface area contributed by atoms with Crippen LogP contribution in [-0.2, 0) is 4.79 Å². The Morgan fingerprint density at radius 2 is 2.36 bits per heavy atom. The molecule has 64 valence electrons. The van der Waals surface area contributed by atoms with Crippen molar-refractivity contribution in [1.29, 1.82) is 0 Å². The topological polar surface area (TPSA) is 32.3 Å². The highest BCUT2D eigenvalue weighted by Gasteiger charge is 2.19. The summed E-state index contributed by atoms with van der Waals surface area (Å²) in [5.74, 6) is 0.235. The highest BCUT2D eigenvalue weighted by molar-refractivity contribution is 5.75. The average Bonchev–Trinajstić information content (AvgIpc) is 1.94. The largest absolute Gasteiger partial charge is 0.344 e. The summed E-state index contributed by atoms with van der Waals surface area (Å²) in [6.07, 6.45) is 1.82. The van der Waals surface area contributed by atoms with Gasteiger partial charge in [-0.15, -0.1) is 0 Å². The zero-order valence-electron chi connectivity index (χ0n) is 7.26. The maximum absolute atomic E-state index is 11.1. The van der Waals surface area contributed by atoms with Crippen molar-refractivity contribution in [1.82, 2.24) is 10.2 Å². The van der Waals surface area contributed by atoms with E-state index in [0.717, 1.165) is 13.1 Å². The summed E-state index contributed by atoms with van der Waals surface area (Å²) in [7, 11) is 1.87. The molecule has 0 radical (unpaired) electrons. The van der Waals surface area contributed by atoms with E-state index in [1.807, 2.05) is 14.0 Å². The minimum atomic E-state index is 0.235. The Hall–Kier alpha value is -0.570. The molecule has 1 aliphatic rings. The molecule has 1 fully saturated rings. The van der Waals surface area contributed by atoms with Crippen LogP contribution >= 0.6 is 0 Å². The zero-order valence-corrected chi connectivity index (χ0v) is 7.26. The first-order chi connectivity index (χ1) is 5.24. The summed E-state index contributed by atoms with van der Waals surface area (Å²) in [5.41, 5.74) is 0. The number of amides is 1. The predicted octanol–water partition coefficient (Wildman–Crippen LogP) is 0.217. The molecule has 3 heteroatoms. The van der Waals surface area contributed by atoms with E-state index >= 15 is 0 Å². The lowest BCUT2D eigenvalue weighted by molar-refractivity contribution is -0.130. The third kappa shape index (κ3) is 2.19. The molecule has 3 nitrogen and oxygen atoms in total. The number of hydrogen-bond donors (Lipinski definition) is 1. The Bertz CT molecular complexity index is 143. The summed E-state index contributed by atoms with van der Waals surface area (Å²) in [5, 5.41) is 3.26. The van der Waals surface area contributed by atoms with E-state index < -0.39 is 0 Å². The fourth-order valence-electron chi connectivity index (χ4n) is 1.21. The van der Waals surface area contributed by atoms with E-state index in [-0.39, 0.29) is 5.91 Å². The molecule has 1 aliphatic heterocycles. The Morgan fingerprint density at radius 1 is 1.73 bits per heavy atom. The van der Waals surface area contributed by atoms with Gasteiger partial charge in [-0.25, -0.2) is 0 Å². The minimum Gasteiger partial charge on any atom is -0.344 e. The number of carbonyl (C=O) groups is 1. The number of carbonyl (C=O) groups excluding carboxylic acids is 1. The summed E-state index contributed by atoms with van der Waals surface area (Å²) in [4.78, 5) is 12.9. The van der Waals surface area contributed by atoms with Crippen LogP contribution in [0.3, 0.4) is 0 Å². The minimum absolute atomic E-state index is 0.235. The molecule has 0 aliphatic carbocycles. The molecule has 1 unspecified atom stereocenters. The number of rotatable bonds is 3. The molecule has 1 N–H and O–H groups in total. The molecule has 0 spiro atoms. The van der Waals surface area contributed by atoms with E-state index in [0.29, 0.717) is 12.5 Å². The Kier molecular flexibility index (Phi) is 2.88. The molecule has 0 aromatic rings. The standard InChI is InChI=1S/C8H16N2O/c1-3-8(11)10(2)6-7-4-5-9-7/h7,9H,3-6H2,1-2H3. The average molecular weight is 156 g/mol. The zero-order chi connectivity index (χ0) is 8.27. The van der Waals surface area contributed by atoms with Gasteiger partial charge >= 0.3 is 0 Å². The van der Waals surface area contributed by atoms with E-state index in [1.54, 1.807) is 4.90 Å². The number of nitrogens with zero attached hydrogens (tertiary/aromatic N) is 1. The molecule has 1 amide bonds. The van der Waals surface area contributed by atoms with Crippen LogP contribution in [0.2, 0.25) is 0 Å². The molecule has 1 atom stereocenters. The van der Waals surface area contributed by atoms with Crippen molar-refractivity contribution in [2.24, 2.45) is 0 Å². The molecular formula is C8H16N2O. The Balaban J connectivity index is 2.18. The lowest BCUT2D eigenvalue weighted by Gasteiger charge is -2.31. The lowest BCUT2D eigenvalue weighted by Crippen LogP contribution is -2.50. The van der Waals surface area contributed by atoms with Crippen molar-refractivity contribution in [3.05, 3.63) is 0 Å². The van der Waals surface area contributed by atoms with E-state index in [4.69, 9.17) is 0 Å². The van der Waals surface area contributed by atoms with Gasteiger partial charge in [-0.05, 0) is 13.0 Å². The second-order valence-electron chi connectivity index (χ2n) is 3.07. The van der Waals surface area contributed by atoms with Crippen LogP contribution in [0.25, 0.3) is 0 Å². The third-order valence-corrected chi connectivity index (χ3v) is 2.15. The number of hydrogen-bond acceptors (Lipinski definition) is 2. The maximum Gasteiger partial charge on any atom is 0.222 e. The van der Waals surface area contributed by atoms with Crippen LogP contribution in [0.5, 0.6) is 0 Å². The van der Waals surface area contributed by atoms with Crippen molar-refractivity contribution < 1.29 is 4.79 Å². The van der Waals surface area contributed by atoms with Gasteiger partial charge < -0.3 is 10.2 Å². The number of likely N-dealkylation sites (N-methyl/N-ethyl adjacent to an activating group) is 1. The van der Waals surface area contributed by atoms with Gasteiger partial charge in [-0.3, -0.25) is 4.79 Å². The van der Waals surface area contributed by atoms with Gasteiger partial charge in [0, 0.05) is 26.1 Å². The fourth-order valence-corrected chi connectivity index (χ4v) is 1.21. The quantitative estimate of drug-likeness (QED) is 0.634. The van der Waals surface area contributed by atoms with Crippen molar-refractivity contribution in [3.63, 3.8) is 0 Å². The smallest absolute Gasteiger partial charge is 0.222 e. The van der Waals surface area contributed by atoms with Gasteiger partial charge in [0.05, 0.1) is 0 Å². The highest BCUT2D eigenvalue weighted by Crippen LogP contribution is 2.03. The van der Waals surface area contributed by atoms with Gasteiger partial charge in [0.15, 0.2) is 0 Å². The molecule has 11 heavy (non-hydrogen) atoms. The maximum atomic E-state index is 11.1. The normalized spacial score (nSPS) is 22.5. The molecular weight excluding hydrogens is 140 g/mol. The Labute approximate surface area is 67.8 Å². The fraction of sp³-hybridized carbons (Fsp3) is 0.875. The molecule has 0 aromatic heterocycles. The van der Waals surface area contributed by atoms with Crippen LogP contribution in [0, 0.1) is 0 Å². The Morgan fingerprint density at radius 3 is 2.73 bits per heavy atom. The number of nitrogens with one attached hydrogen (secondary N) is 1. The van der Waals surface area contributed by atoms with Crippen molar-refractivity contribution >= 4 is 5.91 Å². The molecule has 0 saturated carbocycles. The molecule has 1 rings (SSSR count). The van der Waals surface area contributed by atoms with Gasteiger partial charge in [0.25, 0.3) is 0 Å². The molecule has 1 heterocycles. The molecule has 0 aromatic carbocycles. The monoisotopic (exact) mass is 156 g/mol. The van der Waals surface area contributed by atoms with E-state index in [1.165, 1.54) is 6.42 Å². The van der Waals surface area contributed by atoms with E-state index in [2.05, 4.69) is 5.32 Å². The highest BCUT2D eigenvalue weighted by atomic mass is 16.2. The first-order valence-electron chi connectivity index (χ1n) is 4.21. The summed E-state index contributed by atoms with van der Waals surface area (Å²) < 4.78 is 0. The molecule has 1 saturated heterocycles. The first-order valence-corrected chi connectivity index (χ1v) is 4.21. The second kappa shape index (κ2) is 3.72. The van der Waals surface area contributed by atoms with Gasteiger partial charge in [0.1, 0.15) is 0 Å². The predicted molar refractivity (Wildman–Crippen MR) is 44.3 cm³/mol. The summed E-state index contributed by atoms with van der Waals surface area (Å²) in [6, 6.07) is 0.551. The first kappa shape index (κ1) is 8.53. The van der Waals surface area contributed by atoms with Gasteiger partial charge in [-0.2, -0.15) is 0 Å². The van der Waals surface area contributed by atoms with Crippen LogP contribution in [0.1, 0.15) is 19.8 Å². The summed E-state index contributed by atoms with van der Waals surface area (Å²) >= 11 is 0. The van der Waals surface area contributed by atoms with Crippen molar-refractivity contribution in [3.8, 4) is 0 Å². The van der Waals surface area contributed by atoms with Crippen LogP contribution in [0.4, 0.5) is 0 Å². The molecule has 0 bridgehead atoms. The van der Waals surface area contributed by atoms with Crippen LogP contribution < -0.4 is 5.32 Å². The van der Waals surface area contributed by atoms with Crippen molar-refractivity contribution in [2.75, 3.05) is 20.1 Å². The van der Waals surface area contributed by atoms with Gasteiger partial charge in [-0.1, -0.05) is 6.92 Å². The summed E-state index contributed by atoms with van der Waals surface area (Å²) in [6.45, 7) is 3.87. The SMILES string of the molecule is CCC(=O)N(C)CC1CCN1. The lowest BCUT2D eigenvalue weighted by atomic mass is 10.1. The third-order valence-electron chi connectivity index (χ3n) is 2.15. The van der Waals surface area contributed by atoms with E-state index in [9.17, 15) is 4.79 Å². The van der Waals surface area contributed by atoms with Crippen LogP contribution in [0.15, 0.2) is 0 Å². The second-order valence-corrected chi connectivity index (χ2v) is 3.07. The van der Waals surface area contributed by atoms with Gasteiger partial charge in [0.2, 0.25) is 5.91 Å². The van der Waals surface area contributed by atoms with Crippen LogP contribution in [-0.4, -0.2) is 37.0 Å².